The quantitative estimate of drug-likeness (QED) is 0.425. The Morgan fingerprint density at radius 1 is 1.29 bits per heavy atom. The summed E-state index contributed by atoms with van der Waals surface area (Å²) in [6.07, 6.45) is 1.89. The molecule has 0 spiro atoms. The van der Waals surface area contributed by atoms with Gasteiger partial charge in [0.05, 0.1) is 18.4 Å². The third-order valence-electron chi connectivity index (χ3n) is 4.25. The number of nitrogens with zero attached hydrogens (tertiary/aromatic N) is 2. The molecule has 1 amide bonds. The summed E-state index contributed by atoms with van der Waals surface area (Å²) in [6.45, 7) is 3.15. The van der Waals surface area contributed by atoms with E-state index in [1.807, 2.05) is 35.7 Å². The molecule has 0 atom stereocenters. The number of benzene rings is 1. The van der Waals surface area contributed by atoms with Crippen LogP contribution in [0.4, 0.5) is 0 Å². The Kier molecular flexibility index (Phi) is 7.11. The summed E-state index contributed by atoms with van der Waals surface area (Å²) < 4.78 is 7.50. The molecule has 3 rings (SSSR count). The van der Waals surface area contributed by atoms with Gasteiger partial charge in [-0.2, -0.15) is 0 Å². The van der Waals surface area contributed by atoms with Crippen molar-refractivity contribution in [2.24, 2.45) is 0 Å². The van der Waals surface area contributed by atoms with Gasteiger partial charge in [-0.15, -0.1) is 11.3 Å². The van der Waals surface area contributed by atoms with Crippen molar-refractivity contribution in [1.82, 2.24) is 14.9 Å². The van der Waals surface area contributed by atoms with Crippen molar-refractivity contribution in [2.75, 3.05) is 12.9 Å². The van der Waals surface area contributed by atoms with Crippen LogP contribution in [0, 0.1) is 0 Å². The van der Waals surface area contributed by atoms with Gasteiger partial charge < -0.3 is 10.1 Å². The molecule has 0 fully saturated rings. The number of thiophene rings is 1. The fraction of sp³-hybridized carbons (Fsp3) is 0.350. The van der Waals surface area contributed by atoms with Crippen LogP contribution in [0.3, 0.4) is 0 Å². The van der Waals surface area contributed by atoms with E-state index >= 15 is 0 Å². The van der Waals surface area contributed by atoms with Gasteiger partial charge >= 0.3 is 0 Å². The first-order valence-electron chi connectivity index (χ1n) is 9.13. The monoisotopic (exact) mass is 417 g/mol. The van der Waals surface area contributed by atoms with Gasteiger partial charge in [0.25, 0.3) is 5.56 Å². The van der Waals surface area contributed by atoms with Crippen molar-refractivity contribution >= 4 is 39.2 Å². The first-order chi connectivity index (χ1) is 13.6. The SMILES string of the molecule is CCCCn1c(SCC(=O)NCc2ccc(OC)cc2)nc2ccsc2c1=O. The molecule has 0 saturated carbocycles. The molecule has 1 aromatic carbocycles. The second kappa shape index (κ2) is 9.75. The molecular weight excluding hydrogens is 394 g/mol. The zero-order chi connectivity index (χ0) is 19.9. The molecule has 2 aromatic heterocycles. The summed E-state index contributed by atoms with van der Waals surface area (Å²) in [5, 5.41) is 5.38. The summed E-state index contributed by atoms with van der Waals surface area (Å²) in [7, 11) is 1.62. The Morgan fingerprint density at radius 2 is 2.07 bits per heavy atom. The van der Waals surface area contributed by atoms with E-state index < -0.39 is 0 Å². The molecule has 3 aromatic rings. The smallest absolute Gasteiger partial charge is 0.272 e. The lowest BCUT2D eigenvalue weighted by Crippen LogP contribution is -2.26. The van der Waals surface area contributed by atoms with E-state index in [4.69, 9.17) is 4.74 Å². The summed E-state index contributed by atoms with van der Waals surface area (Å²) in [5.41, 5.74) is 1.68. The molecule has 0 unspecified atom stereocenters. The molecule has 0 saturated heterocycles. The molecule has 1 N–H and O–H groups in total. The van der Waals surface area contributed by atoms with Crippen molar-refractivity contribution in [3.8, 4) is 5.75 Å². The van der Waals surface area contributed by atoms with Crippen LogP contribution in [0.5, 0.6) is 5.75 Å². The number of rotatable bonds is 9. The second-order valence-corrected chi connectivity index (χ2v) is 8.11. The largest absolute Gasteiger partial charge is 0.497 e. The average molecular weight is 418 g/mol. The van der Waals surface area contributed by atoms with Crippen LogP contribution >= 0.6 is 23.1 Å². The minimum absolute atomic E-state index is 0.0189. The number of hydrogen-bond donors (Lipinski definition) is 1. The zero-order valence-corrected chi connectivity index (χ0v) is 17.6. The van der Waals surface area contributed by atoms with Crippen molar-refractivity contribution in [3.63, 3.8) is 0 Å². The number of hydrogen-bond acceptors (Lipinski definition) is 6. The highest BCUT2D eigenvalue weighted by Crippen LogP contribution is 2.21. The van der Waals surface area contributed by atoms with Crippen molar-refractivity contribution in [1.29, 1.82) is 0 Å². The Morgan fingerprint density at radius 3 is 2.79 bits per heavy atom. The molecule has 148 valence electrons. The summed E-state index contributed by atoms with van der Waals surface area (Å²) in [4.78, 5) is 29.6. The van der Waals surface area contributed by atoms with E-state index in [-0.39, 0.29) is 17.2 Å². The van der Waals surface area contributed by atoms with E-state index in [1.165, 1.54) is 23.1 Å². The van der Waals surface area contributed by atoms with E-state index in [0.717, 1.165) is 24.2 Å². The van der Waals surface area contributed by atoms with Gasteiger partial charge in [-0.05, 0) is 35.6 Å². The van der Waals surface area contributed by atoms with Crippen LogP contribution in [-0.4, -0.2) is 28.3 Å². The standard InChI is InChI=1S/C20H23N3O3S2/c1-3-4-10-23-19(25)18-16(9-11-27-18)22-20(23)28-13-17(24)21-12-14-5-7-15(26-2)8-6-14/h5-9,11H,3-4,10,12-13H2,1-2H3,(H,21,24). The summed E-state index contributed by atoms with van der Waals surface area (Å²) >= 11 is 2.71. The molecule has 6 nitrogen and oxygen atoms in total. The second-order valence-electron chi connectivity index (χ2n) is 6.25. The predicted octanol–water partition coefficient (Wildman–Crippen LogP) is 3.68. The van der Waals surface area contributed by atoms with Crippen LogP contribution in [0.2, 0.25) is 0 Å². The highest BCUT2D eigenvalue weighted by Gasteiger charge is 2.14. The fourth-order valence-electron chi connectivity index (χ4n) is 2.67. The molecular formula is C20H23N3O3S2. The number of carbonyl (C=O) groups is 1. The van der Waals surface area contributed by atoms with Gasteiger partial charge in [0, 0.05) is 13.1 Å². The summed E-state index contributed by atoms with van der Waals surface area (Å²) in [6, 6.07) is 9.41. The number of methoxy groups -OCH3 is 1. The number of nitrogens with one attached hydrogen (secondary N) is 1. The van der Waals surface area contributed by atoms with E-state index in [0.29, 0.717) is 28.5 Å². The number of unbranched alkanes of at least 4 members (excludes halogenated alkanes) is 1. The van der Waals surface area contributed by atoms with Gasteiger partial charge in [-0.25, -0.2) is 4.98 Å². The maximum Gasteiger partial charge on any atom is 0.272 e. The van der Waals surface area contributed by atoms with E-state index in [1.54, 1.807) is 11.7 Å². The first kappa shape index (κ1) is 20.4. The molecule has 0 aliphatic carbocycles. The van der Waals surface area contributed by atoms with Gasteiger partial charge in [0.2, 0.25) is 5.91 Å². The Balaban J connectivity index is 1.64. The Labute approximate surface area is 171 Å². The summed E-state index contributed by atoms with van der Waals surface area (Å²) in [5.74, 6) is 0.901. The number of amides is 1. The fourth-order valence-corrected chi connectivity index (χ4v) is 4.31. The maximum absolute atomic E-state index is 12.7. The number of fused-ring (bicyclic) bond motifs is 1. The van der Waals surface area contributed by atoms with Crippen LogP contribution in [0.1, 0.15) is 25.3 Å². The lowest BCUT2D eigenvalue weighted by molar-refractivity contribution is -0.118. The highest BCUT2D eigenvalue weighted by atomic mass is 32.2. The topological polar surface area (TPSA) is 73.2 Å². The van der Waals surface area contributed by atoms with E-state index in [9.17, 15) is 9.59 Å². The molecule has 2 heterocycles. The van der Waals surface area contributed by atoms with E-state index in [2.05, 4.69) is 17.2 Å². The lowest BCUT2D eigenvalue weighted by Gasteiger charge is -2.11. The molecule has 28 heavy (non-hydrogen) atoms. The highest BCUT2D eigenvalue weighted by molar-refractivity contribution is 7.99. The van der Waals surface area contributed by atoms with Gasteiger partial charge in [-0.3, -0.25) is 14.2 Å². The minimum Gasteiger partial charge on any atom is -0.497 e. The molecule has 0 aliphatic heterocycles. The lowest BCUT2D eigenvalue weighted by atomic mass is 10.2. The van der Waals surface area contributed by atoms with Crippen LogP contribution < -0.4 is 15.6 Å². The van der Waals surface area contributed by atoms with Crippen molar-refractivity contribution in [3.05, 3.63) is 51.6 Å². The number of carbonyl (C=O) groups excluding carboxylic acids is 1. The molecule has 0 radical (unpaired) electrons. The van der Waals surface area contributed by atoms with Crippen LogP contribution in [0.25, 0.3) is 10.2 Å². The third kappa shape index (κ3) is 4.94. The number of ether oxygens (including phenoxy) is 1. The van der Waals surface area contributed by atoms with Crippen molar-refractivity contribution in [2.45, 2.75) is 38.0 Å². The number of aromatic nitrogens is 2. The molecule has 8 heteroatoms. The van der Waals surface area contributed by atoms with Gasteiger partial charge in [0.15, 0.2) is 5.16 Å². The normalized spacial score (nSPS) is 10.9. The van der Waals surface area contributed by atoms with Crippen LogP contribution in [-0.2, 0) is 17.9 Å². The molecule has 0 aliphatic rings. The predicted molar refractivity (Wildman–Crippen MR) is 114 cm³/mol. The van der Waals surface area contributed by atoms with Crippen molar-refractivity contribution < 1.29 is 9.53 Å². The first-order valence-corrected chi connectivity index (χ1v) is 11.0. The van der Waals surface area contributed by atoms with Gasteiger partial charge in [-0.1, -0.05) is 37.2 Å². The molecule has 0 bridgehead atoms. The van der Waals surface area contributed by atoms with Gasteiger partial charge in [0.1, 0.15) is 10.4 Å². The van der Waals surface area contributed by atoms with Crippen LogP contribution in [0.15, 0.2) is 45.7 Å². The zero-order valence-electron chi connectivity index (χ0n) is 15.9. The third-order valence-corrected chi connectivity index (χ3v) is 6.12. The maximum atomic E-state index is 12.7. The Bertz CT molecular complexity index is 996. The average Bonchev–Trinajstić information content (AvgIpc) is 3.19. The Hall–Kier alpha value is -2.32. The minimum atomic E-state index is -0.0949. The number of thioether (sulfide) groups is 1.